The molecular formula is C25H21ClF3N3O4S. The number of esters is 1. The van der Waals surface area contributed by atoms with Gasteiger partial charge in [-0.3, -0.25) is 4.79 Å². The number of fused-ring (bicyclic) bond motifs is 1. The van der Waals surface area contributed by atoms with Crippen molar-refractivity contribution in [3.05, 3.63) is 81.5 Å². The van der Waals surface area contributed by atoms with Crippen LogP contribution in [0.5, 0.6) is 5.75 Å². The lowest BCUT2D eigenvalue weighted by Gasteiger charge is -2.33. The second-order valence-corrected chi connectivity index (χ2v) is 9.21. The van der Waals surface area contributed by atoms with Crippen LogP contribution in [0.15, 0.2) is 70.3 Å². The van der Waals surface area contributed by atoms with E-state index < -0.39 is 36.3 Å². The van der Waals surface area contributed by atoms with Crippen LogP contribution in [-0.2, 0) is 20.5 Å². The van der Waals surface area contributed by atoms with E-state index in [4.69, 9.17) is 21.1 Å². The maximum atomic E-state index is 12.9. The van der Waals surface area contributed by atoms with E-state index in [0.717, 1.165) is 12.1 Å². The SMILES string of the molecule is CCOC(=O)C1=C(C)N=C2SC=CN2[C@@H]1c1ccc(OCC(=O)Nc2cccc(C(F)(F)F)c2)c(Cl)c1. The van der Waals surface area contributed by atoms with E-state index in [1.807, 2.05) is 16.5 Å². The van der Waals surface area contributed by atoms with E-state index in [0.29, 0.717) is 22.0 Å². The molecule has 0 fully saturated rings. The van der Waals surface area contributed by atoms with Crippen molar-refractivity contribution in [3.63, 3.8) is 0 Å². The molecule has 0 saturated carbocycles. The third-order valence-electron chi connectivity index (χ3n) is 5.42. The highest BCUT2D eigenvalue weighted by molar-refractivity contribution is 8.16. The van der Waals surface area contributed by atoms with Gasteiger partial charge >= 0.3 is 12.1 Å². The molecule has 1 amide bonds. The van der Waals surface area contributed by atoms with E-state index >= 15 is 0 Å². The number of ether oxygens (including phenoxy) is 2. The largest absolute Gasteiger partial charge is 0.482 e. The fourth-order valence-corrected chi connectivity index (χ4v) is 4.85. The van der Waals surface area contributed by atoms with Crippen molar-refractivity contribution >= 4 is 46.1 Å². The Morgan fingerprint density at radius 3 is 2.70 bits per heavy atom. The highest BCUT2D eigenvalue weighted by Gasteiger charge is 2.37. The number of hydrogen-bond acceptors (Lipinski definition) is 7. The van der Waals surface area contributed by atoms with Gasteiger partial charge in [-0.2, -0.15) is 13.2 Å². The Labute approximate surface area is 220 Å². The summed E-state index contributed by atoms with van der Waals surface area (Å²) in [4.78, 5) is 31.4. The molecule has 0 aromatic heterocycles. The summed E-state index contributed by atoms with van der Waals surface area (Å²) in [5, 5.41) is 5.12. The summed E-state index contributed by atoms with van der Waals surface area (Å²) in [5.74, 6) is -0.949. The molecule has 37 heavy (non-hydrogen) atoms. The first kappa shape index (κ1) is 26.6. The number of amides is 1. The number of nitrogens with zero attached hydrogens (tertiary/aromatic N) is 2. The predicted molar refractivity (Wildman–Crippen MR) is 135 cm³/mol. The van der Waals surface area contributed by atoms with Crippen LogP contribution in [0.25, 0.3) is 0 Å². The number of carbonyl (C=O) groups excluding carboxylic acids is 2. The summed E-state index contributed by atoms with van der Waals surface area (Å²) in [6.07, 6.45) is -2.71. The van der Waals surface area contributed by atoms with Crippen molar-refractivity contribution in [2.45, 2.75) is 26.1 Å². The highest BCUT2D eigenvalue weighted by atomic mass is 35.5. The minimum Gasteiger partial charge on any atom is -0.482 e. The van der Waals surface area contributed by atoms with Crippen molar-refractivity contribution < 1.29 is 32.2 Å². The molecule has 7 nitrogen and oxygen atoms in total. The first-order valence-corrected chi connectivity index (χ1v) is 12.3. The minimum atomic E-state index is -4.53. The fourth-order valence-electron chi connectivity index (χ4n) is 3.82. The van der Waals surface area contributed by atoms with Crippen LogP contribution in [0.4, 0.5) is 18.9 Å². The molecule has 0 unspecified atom stereocenters. The molecular weight excluding hydrogens is 531 g/mol. The Hall–Kier alpha value is -3.44. The number of amidine groups is 1. The van der Waals surface area contributed by atoms with Gasteiger partial charge in [-0.25, -0.2) is 9.79 Å². The van der Waals surface area contributed by atoms with Crippen LogP contribution in [0.2, 0.25) is 5.02 Å². The zero-order valence-electron chi connectivity index (χ0n) is 19.6. The smallest absolute Gasteiger partial charge is 0.416 e. The standard InChI is InChI=1S/C25H21ClF3N3O4S/c1-3-35-23(34)21-14(2)30-24-32(9-10-37-24)22(21)15-7-8-19(18(26)11-15)36-13-20(33)31-17-6-4-5-16(12-17)25(27,28)29/h4-12,22H,3,13H2,1-2H3,(H,31,33)/t22-/m1/s1. The number of thioether (sulfide) groups is 1. The normalized spacial score (nSPS) is 16.9. The number of hydrogen-bond donors (Lipinski definition) is 1. The summed E-state index contributed by atoms with van der Waals surface area (Å²) in [6.45, 7) is 3.19. The summed E-state index contributed by atoms with van der Waals surface area (Å²) < 4.78 is 49.4. The first-order valence-electron chi connectivity index (χ1n) is 11.1. The number of aliphatic imine (C=N–C) groups is 1. The molecule has 0 spiro atoms. The Bertz CT molecular complexity index is 1330. The van der Waals surface area contributed by atoms with Crippen LogP contribution < -0.4 is 10.1 Å². The number of carbonyl (C=O) groups is 2. The monoisotopic (exact) mass is 551 g/mol. The molecule has 0 bridgehead atoms. The minimum absolute atomic E-state index is 0.00942. The van der Waals surface area contributed by atoms with Gasteiger partial charge in [0.25, 0.3) is 5.91 Å². The van der Waals surface area contributed by atoms with Gasteiger partial charge in [0.2, 0.25) is 0 Å². The lowest BCUT2D eigenvalue weighted by Crippen LogP contribution is -2.34. The summed E-state index contributed by atoms with van der Waals surface area (Å²) in [5.41, 5.74) is 0.701. The van der Waals surface area contributed by atoms with Gasteiger partial charge in [0.1, 0.15) is 5.75 Å². The fraction of sp³-hybridized carbons (Fsp3) is 0.240. The van der Waals surface area contributed by atoms with Crippen LogP contribution in [0, 0.1) is 0 Å². The molecule has 0 radical (unpaired) electrons. The summed E-state index contributed by atoms with van der Waals surface area (Å²) in [6, 6.07) is 8.66. The van der Waals surface area contributed by atoms with Gasteiger partial charge in [0.05, 0.1) is 34.5 Å². The van der Waals surface area contributed by atoms with Crippen molar-refractivity contribution in [3.8, 4) is 5.75 Å². The van der Waals surface area contributed by atoms with Crippen LogP contribution in [0.1, 0.15) is 31.0 Å². The zero-order valence-corrected chi connectivity index (χ0v) is 21.2. The third-order valence-corrected chi connectivity index (χ3v) is 6.49. The zero-order chi connectivity index (χ0) is 26.7. The number of anilines is 1. The topological polar surface area (TPSA) is 80.2 Å². The van der Waals surface area contributed by atoms with Gasteiger partial charge in [-0.15, -0.1) is 0 Å². The van der Waals surface area contributed by atoms with Crippen molar-refractivity contribution in [2.75, 3.05) is 18.5 Å². The van der Waals surface area contributed by atoms with Gasteiger partial charge in [-0.1, -0.05) is 35.5 Å². The van der Waals surface area contributed by atoms with Crippen LogP contribution in [-0.4, -0.2) is 35.2 Å². The number of nitrogens with one attached hydrogen (secondary N) is 1. The van der Waals surface area contributed by atoms with Gasteiger partial charge < -0.3 is 19.7 Å². The molecule has 2 aliphatic heterocycles. The number of benzene rings is 2. The molecule has 2 aromatic carbocycles. The molecule has 0 aliphatic carbocycles. The first-order chi connectivity index (χ1) is 17.6. The van der Waals surface area contributed by atoms with Crippen molar-refractivity contribution in [1.29, 1.82) is 0 Å². The van der Waals surface area contributed by atoms with Crippen molar-refractivity contribution in [1.82, 2.24) is 4.90 Å². The quantitative estimate of drug-likeness (QED) is 0.416. The van der Waals surface area contributed by atoms with E-state index in [1.165, 1.54) is 23.9 Å². The predicted octanol–water partition coefficient (Wildman–Crippen LogP) is 6.14. The van der Waals surface area contributed by atoms with Crippen LogP contribution >= 0.6 is 23.4 Å². The number of halogens is 4. The summed E-state index contributed by atoms with van der Waals surface area (Å²) in [7, 11) is 0. The molecule has 1 atom stereocenters. The number of alkyl halides is 3. The molecule has 194 valence electrons. The van der Waals surface area contributed by atoms with Gasteiger partial charge in [0, 0.05) is 11.9 Å². The number of allylic oxidation sites excluding steroid dienone is 1. The molecule has 2 aromatic rings. The maximum Gasteiger partial charge on any atom is 0.416 e. The summed E-state index contributed by atoms with van der Waals surface area (Å²) >= 11 is 7.87. The average molecular weight is 552 g/mol. The van der Waals surface area contributed by atoms with Crippen LogP contribution in [0.3, 0.4) is 0 Å². The highest BCUT2D eigenvalue weighted by Crippen LogP contribution is 2.42. The second kappa shape index (κ2) is 10.9. The van der Waals surface area contributed by atoms with E-state index in [2.05, 4.69) is 10.3 Å². The average Bonchev–Trinajstić information content (AvgIpc) is 3.30. The molecule has 2 heterocycles. The Kier molecular flexibility index (Phi) is 7.84. The number of rotatable bonds is 7. The Morgan fingerprint density at radius 1 is 1.22 bits per heavy atom. The Morgan fingerprint density at radius 2 is 2.00 bits per heavy atom. The Balaban J connectivity index is 1.49. The van der Waals surface area contributed by atoms with Gasteiger partial charge in [-0.05, 0) is 55.2 Å². The van der Waals surface area contributed by atoms with E-state index in [-0.39, 0.29) is 23.1 Å². The van der Waals surface area contributed by atoms with Crippen molar-refractivity contribution in [2.24, 2.45) is 4.99 Å². The van der Waals surface area contributed by atoms with E-state index in [9.17, 15) is 22.8 Å². The maximum absolute atomic E-state index is 12.9. The lowest BCUT2D eigenvalue weighted by molar-refractivity contribution is -0.139. The molecule has 4 rings (SSSR count). The third kappa shape index (κ3) is 5.94. The lowest BCUT2D eigenvalue weighted by atomic mass is 9.95. The van der Waals surface area contributed by atoms with Gasteiger partial charge in [0.15, 0.2) is 11.8 Å². The molecule has 1 N–H and O–H groups in total. The molecule has 12 heteroatoms. The molecule has 2 aliphatic rings. The second-order valence-electron chi connectivity index (χ2n) is 7.93. The van der Waals surface area contributed by atoms with E-state index in [1.54, 1.807) is 32.0 Å². The molecule has 0 saturated heterocycles.